The van der Waals surface area contributed by atoms with Crippen LogP contribution in [0.5, 0.6) is 11.5 Å². The lowest BCUT2D eigenvalue weighted by Crippen LogP contribution is -2.29. The highest BCUT2D eigenvalue weighted by atomic mass is 35.5. The molecular weight excluding hydrogens is 478 g/mol. The summed E-state index contributed by atoms with van der Waals surface area (Å²) in [6.45, 7) is 0. The topological polar surface area (TPSA) is 76.1 Å². The van der Waals surface area contributed by atoms with Crippen molar-refractivity contribution in [1.82, 2.24) is 0 Å². The molecule has 1 atom stereocenters. The first-order valence-electron chi connectivity index (χ1n) is 11.2. The molecule has 1 saturated heterocycles. The minimum absolute atomic E-state index is 0.0419. The van der Waals surface area contributed by atoms with Crippen LogP contribution < -0.4 is 14.4 Å². The van der Waals surface area contributed by atoms with E-state index in [4.69, 9.17) is 21.1 Å². The molecule has 180 valence electrons. The van der Waals surface area contributed by atoms with Gasteiger partial charge < -0.3 is 14.6 Å². The zero-order valence-corrected chi connectivity index (χ0v) is 20.3. The molecule has 1 amide bonds. The Kier molecular flexibility index (Phi) is 6.12. The lowest BCUT2D eigenvalue weighted by molar-refractivity contribution is -0.132. The summed E-state index contributed by atoms with van der Waals surface area (Å²) < 4.78 is 10.7. The van der Waals surface area contributed by atoms with Gasteiger partial charge in [0.2, 0.25) is 0 Å². The van der Waals surface area contributed by atoms with Crippen LogP contribution in [0, 0.1) is 0 Å². The Bertz CT molecular complexity index is 1540. The molecule has 1 unspecified atom stereocenters. The van der Waals surface area contributed by atoms with E-state index in [1.807, 2.05) is 42.5 Å². The van der Waals surface area contributed by atoms with Gasteiger partial charge in [0.25, 0.3) is 11.7 Å². The number of halogens is 1. The summed E-state index contributed by atoms with van der Waals surface area (Å²) in [6, 6.07) is 24.1. The molecule has 0 aromatic heterocycles. The number of Topliss-reactive ketones (excluding diaryl/α,β-unsaturated/α-hetero) is 1. The summed E-state index contributed by atoms with van der Waals surface area (Å²) in [4.78, 5) is 28.4. The molecule has 0 bridgehead atoms. The normalized spacial score (nSPS) is 17.0. The van der Waals surface area contributed by atoms with Crippen molar-refractivity contribution in [3.05, 3.63) is 107 Å². The van der Waals surface area contributed by atoms with Crippen molar-refractivity contribution >= 4 is 45.5 Å². The van der Waals surface area contributed by atoms with E-state index in [9.17, 15) is 14.7 Å². The molecule has 1 fully saturated rings. The van der Waals surface area contributed by atoms with E-state index < -0.39 is 17.7 Å². The predicted molar refractivity (Wildman–Crippen MR) is 140 cm³/mol. The maximum Gasteiger partial charge on any atom is 0.300 e. The fourth-order valence-corrected chi connectivity index (χ4v) is 4.83. The number of fused-ring (bicyclic) bond motifs is 1. The molecule has 0 spiro atoms. The fraction of sp³-hybridized carbons (Fsp3) is 0.103. The molecule has 6 nitrogen and oxygen atoms in total. The first kappa shape index (κ1) is 23.5. The van der Waals surface area contributed by atoms with Crippen molar-refractivity contribution in [3.8, 4) is 11.5 Å². The van der Waals surface area contributed by atoms with Crippen LogP contribution in [0.3, 0.4) is 0 Å². The number of amides is 1. The third-order valence-corrected chi connectivity index (χ3v) is 6.55. The van der Waals surface area contributed by atoms with Gasteiger partial charge in [-0.15, -0.1) is 0 Å². The number of anilines is 1. The number of hydrogen-bond donors (Lipinski definition) is 1. The van der Waals surface area contributed by atoms with Gasteiger partial charge in [-0.1, -0.05) is 60.1 Å². The number of hydrogen-bond acceptors (Lipinski definition) is 5. The lowest BCUT2D eigenvalue weighted by Gasteiger charge is -2.26. The van der Waals surface area contributed by atoms with Crippen molar-refractivity contribution in [3.63, 3.8) is 0 Å². The second kappa shape index (κ2) is 9.40. The van der Waals surface area contributed by atoms with Gasteiger partial charge in [-0.3, -0.25) is 14.5 Å². The van der Waals surface area contributed by atoms with Crippen LogP contribution >= 0.6 is 11.6 Å². The van der Waals surface area contributed by atoms with Gasteiger partial charge in [0.05, 0.1) is 31.4 Å². The number of ether oxygens (including phenoxy) is 2. The monoisotopic (exact) mass is 499 g/mol. The first-order valence-corrected chi connectivity index (χ1v) is 11.6. The molecule has 1 N–H and O–H groups in total. The number of rotatable bonds is 5. The van der Waals surface area contributed by atoms with E-state index in [0.29, 0.717) is 27.8 Å². The van der Waals surface area contributed by atoms with Crippen molar-refractivity contribution < 1.29 is 24.2 Å². The van der Waals surface area contributed by atoms with Crippen molar-refractivity contribution in [2.45, 2.75) is 6.04 Å². The maximum absolute atomic E-state index is 13.5. The van der Waals surface area contributed by atoms with E-state index in [2.05, 4.69) is 0 Å². The highest BCUT2D eigenvalue weighted by molar-refractivity contribution is 6.52. The van der Waals surface area contributed by atoms with Gasteiger partial charge >= 0.3 is 0 Å². The van der Waals surface area contributed by atoms with Gasteiger partial charge in [-0.2, -0.15) is 0 Å². The molecule has 1 aliphatic heterocycles. The molecule has 1 aliphatic rings. The largest absolute Gasteiger partial charge is 0.507 e. The molecule has 0 saturated carbocycles. The summed E-state index contributed by atoms with van der Waals surface area (Å²) >= 11 is 6.25. The summed E-state index contributed by atoms with van der Waals surface area (Å²) in [5, 5.41) is 13.8. The van der Waals surface area contributed by atoms with Crippen LogP contribution in [0.4, 0.5) is 5.69 Å². The third-order valence-electron chi connectivity index (χ3n) is 6.31. The number of nitrogens with zero attached hydrogens (tertiary/aromatic N) is 1. The number of aliphatic hydroxyl groups is 1. The van der Waals surface area contributed by atoms with Gasteiger partial charge in [0, 0.05) is 16.8 Å². The van der Waals surface area contributed by atoms with Gasteiger partial charge in [0.1, 0.15) is 17.3 Å². The van der Waals surface area contributed by atoms with Crippen LogP contribution in [0.25, 0.3) is 16.5 Å². The molecule has 4 aromatic carbocycles. The summed E-state index contributed by atoms with van der Waals surface area (Å²) in [6.07, 6.45) is 0. The number of carbonyl (C=O) groups excluding carboxylic acids is 2. The molecule has 0 aliphatic carbocycles. The molecular formula is C29H22ClNO5. The molecule has 4 aromatic rings. The van der Waals surface area contributed by atoms with Crippen LogP contribution in [0.15, 0.2) is 90.5 Å². The smallest absolute Gasteiger partial charge is 0.300 e. The van der Waals surface area contributed by atoms with Crippen LogP contribution in [0.2, 0.25) is 5.02 Å². The molecule has 1 heterocycles. The van der Waals surface area contributed by atoms with Crippen molar-refractivity contribution in [2.75, 3.05) is 19.1 Å². The van der Waals surface area contributed by atoms with Crippen LogP contribution in [0.1, 0.15) is 17.2 Å². The third kappa shape index (κ3) is 3.85. The Morgan fingerprint density at radius 1 is 0.889 bits per heavy atom. The molecule has 36 heavy (non-hydrogen) atoms. The second-order valence-electron chi connectivity index (χ2n) is 8.28. The summed E-state index contributed by atoms with van der Waals surface area (Å²) in [5.74, 6) is -1.08. The van der Waals surface area contributed by atoms with Crippen LogP contribution in [-0.4, -0.2) is 31.0 Å². The molecule has 7 heteroatoms. The minimum Gasteiger partial charge on any atom is -0.507 e. The van der Waals surface area contributed by atoms with E-state index in [1.165, 1.54) is 19.1 Å². The molecule has 5 rings (SSSR count). The summed E-state index contributed by atoms with van der Waals surface area (Å²) in [7, 11) is 2.98. The van der Waals surface area contributed by atoms with E-state index in [-0.39, 0.29) is 16.9 Å². The Labute approximate surface area is 212 Å². The maximum atomic E-state index is 13.5. The van der Waals surface area contributed by atoms with Crippen molar-refractivity contribution in [1.29, 1.82) is 0 Å². The van der Waals surface area contributed by atoms with Crippen molar-refractivity contribution in [2.24, 2.45) is 0 Å². The zero-order chi connectivity index (χ0) is 25.4. The lowest BCUT2D eigenvalue weighted by atomic mass is 9.91. The SMILES string of the molecule is COc1ccc(/C(O)=C2\C(=O)C(=O)N(c3cccc(Cl)c3)C2c2cccc3ccccc23)c(OC)c1. The zero-order valence-electron chi connectivity index (χ0n) is 19.6. The Morgan fingerprint density at radius 2 is 1.64 bits per heavy atom. The first-order chi connectivity index (χ1) is 17.4. The minimum atomic E-state index is -0.902. The Morgan fingerprint density at radius 3 is 2.39 bits per heavy atom. The highest BCUT2D eigenvalue weighted by Gasteiger charge is 2.47. The summed E-state index contributed by atoms with van der Waals surface area (Å²) in [5.41, 5.74) is 1.37. The van der Waals surface area contributed by atoms with E-state index in [1.54, 1.807) is 42.5 Å². The average molecular weight is 500 g/mol. The second-order valence-corrected chi connectivity index (χ2v) is 8.72. The van der Waals surface area contributed by atoms with Gasteiger partial charge in [-0.05, 0) is 46.7 Å². The predicted octanol–water partition coefficient (Wildman–Crippen LogP) is 6.14. The van der Waals surface area contributed by atoms with E-state index >= 15 is 0 Å². The number of methoxy groups -OCH3 is 2. The number of carbonyl (C=O) groups is 2. The molecule has 0 radical (unpaired) electrons. The number of ketones is 1. The fourth-order valence-electron chi connectivity index (χ4n) is 4.65. The Balaban J connectivity index is 1.82. The van der Waals surface area contributed by atoms with Crippen LogP contribution in [-0.2, 0) is 9.59 Å². The van der Waals surface area contributed by atoms with Gasteiger partial charge in [0.15, 0.2) is 0 Å². The number of aliphatic hydroxyl groups excluding tert-OH is 1. The standard InChI is InChI=1S/C29H22ClNO5/c1-35-20-13-14-23(24(16-20)36-2)27(32)25-26(22-12-5-8-17-7-3-4-11-21(17)22)31(29(34)28(25)33)19-10-6-9-18(30)15-19/h3-16,26,32H,1-2H3/b27-25+. The highest BCUT2D eigenvalue weighted by Crippen LogP contribution is 2.45. The Hall–Kier alpha value is -4.29. The quantitative estimate of drug-likeness (QED) is 0.203. The number of benzene rings is 4. The average Bonchev–Trinajstić information content (AvgIpc) is 3.17. The van der Waals surface area contributed by atoms with Gasteiger partial charge in [-0.25, -0.2) is 0 Å². The van der Waals surface area contributed by atoms with E-state index in [0.717, 1.165) is 10.8 Å².